The van der Waals surface area contributed by atoms with E-state index in [4.69, 9.17) is 16.3 Å². The lowest BCUT2D eigenvalue weighted by molar-refractivity contribution is -0.129. The lowest BCUT2D eigenvalue weighted by Gasteiger charge is -2.17. The second kappa shape index (κ2) is 7.66. The highest BCUT2D eigenvalue weighted by Crippen LogP contribution is 2.48. The first-order valence-electron chi connectivity index (χ1n) is 8.27. The van der Waals surface area contributed by atoms with E-state index >= 15 is 0 Å². The predicted molar refractivity (Wildman–Crippen MR) is 100 cm³/mol. The molecule has 0 spiro atoms. The number of methoxy groups -OCH3 is 1. The summed E-state index contributed by atoms with van der Waals surface area (Å²) in [4.78, 5) is 24.5. The number of amides is 2. The molecular weight excluding hydrogens is 354 g/mol. The molecule has 136 valence electrons. The van der Waals surface area contributed by atoms with Gasteiger partial charge >= 0.3 is 0 Å². The number of hydrogen-bond acceptors (Lipinski definition) is 4. The number of hydrazine groups is 1. The molecule has 0 saturated heterocycles. The number of carbonyl (C=O) groups is 2. The highest BCUT2D eigenvalue weighted by Gasteiger charge is 2.51. The van der Waals surface area contributed by atoms with Gasteiger partial charge in [0.2, 0.25) is 5.91 Å². The topological polar surface area (TPSA) is 79.5 Å². The Morgan fingerprint density at radius 1 is 1.08 bits per heavy atom. The Morgan fingerprint density at radius 2 is 1.77 bits per heavy atom. The molecule has 1 aliphatic carbocycles. The van der Waals surface area contributed by atoms with E-state index in [1.54, 1.807) is 25.3 Å². The standard InChI is InChI=1S/C19H20ClN3O3/c1-26-16-5-3-2-4-15(16)21-12-17(24)22-23-18(25)19(10-11-19)13-6-8-14(20)9-7-13/h2-9,21H,10-12H2,1H3,(H,22,24)(H,23,25). The van der Waals surface area contributed by atoms with E-state index in [9.17, 15) is 9.59 Å². The molecule has 0 aliphatic heterocycles. The summed E-state index contributed by atoms with van der Waals surface area (Å²) < 4.78 is 5.21. The summed E-state index contributed by atoms with van der Waals surface area (Å²) >= 11 is 5.90. The van der Waals surface area contributed by atoms with Crippen molar-refractivity contribution in [3.8, 4) is 5.75 Å². The highest BCUT2D eigenvalue weighted by atomic mass is 35.5. The second-order valence-corrected chi connectivity index (χ2v) is 6.58. The third-order valence-corrected chi connectivity index (χ3v) is 4.70. The van der Waals surface area contributed by atoms with Crippen LogP contribution in [0.4, 0.5) is 5.69 Å². The molecule has 0 atom stereocenters. The van der Waals surface area contributed by atoms with Crippen LogP contribution in [0.1, 0.15) is 18.4 Å². The van der Waals surface area contributed by atoms with Crippen molar-refractivity contribution in [3.05, 3.63) is 59.1 Å². The molecule has 6 nitrogen and oxygen atoms in total. The minimum Gasteiger partial charge on any atom is -0.495 e. The van der Waals surface area contributed by atoms with E-state index in [1.165, 1.54) is 0 Å². The fourth-order valence-corrected chi connectivity index (χ4v) is 2.92. The number of rotatable bonds is 6. The molecule has 3 rings (SSSR count). The molecule has 0 heterocycles. The summed E-state index contributed by atoms with van der Waals surface area (Å²) in [5.41, 5.74) is 6.00. The number of carbonyl (C=O) groups excluding carboxylic acids is 2. The van der Waals surface area contributed by atoms with E-state index in [0.29, 0.717) is 16.5 Å². The molecule has 3 N–H and O–H groups in total. The first-order valence-corrected chi connectivity index (χ1v) is 8.65. The Balaban J connectivity index is 1.51. The van der Waals surface area contributed by atoms with Crippen LogP contribution in [0.2, 0.25) is 5.02 Å². The van der Waals surface area contributed by atoms with E-state index < -0.39 is 5.41 Å². The molecule has 2 aromatic rings. The van der Waals surface area contributed by atoms with Gasteiger partial charge in [0.1, 0.15) is 5.75 Å². The number of para-hydroxylation sites is 2. The van der Waals surface area contributed by atoms with Gasteiger partial charge in [0, 0.05) is 5.02 Å². The molecule has 0 aromatic heterocycles. The third-order valence-electron chi connectivity index (χ3n) is 4.44. The van der Waals surface area contributed by atoms with Gasteiger partial charge in [-0.3, -0.25) is 20.4 Å². The van der Waals surface area contributed by atoms with Crippen molar-refractivity contribution >= 4 is 29.1 Å². The summed E-state index contributed by atoms with van der Waals surface area (Å²) in [7, 11) is 1.56. The smallest absolute Gasteiger partial charge is 0.257 e. The van der Waals surface area contributed by atoms with Crippen LogP contribution in [0, 0.1) is 0 Å². The van der Waals surface area contributed by atoms with Gasteiger partial charge in [-0.05, 0) is 42.7 Å². The van der Waals surface area contributed by atoms with Crippen molar-refractivity contribution < 1.29 is 14.3 Å². The number of hydrogen-bond donors (Lipinski definition) is 3. The average Bonchev–Trinajstić information content (AvgIpc) is 3.47. The van der Waals surface area contributed by atoms with Gasteiger partial charge in [-0.1, -0.05) is 35.9 Å². The highest BCUT2D eigenvalue weighted by molar-refractivity contribution is 6.30. The van der Waals surface area contributed by atoms with Gasteiger partial charge in [-0.25, -0.2) is 0 Å². The molecule has 7 heteroatoms. The summed E-state index contributed by atoms with van der Waals surface area (Å²) in [6.45, 7) is 0.00853. The van der Waals surface area contributed by atoms with Crippen LogP contribution in [0.3, 0.4) is 0 Å². The monoisotopic (exact) mass is 373 g/mol. The molecular formula is C19H20ClN3O3. The Kier molecular flexibility index (Phi) is 5.32. The minimum absolute atomic E-state index is 0.00853. The maximum Gasteiger partial charge on any atom is 0.257 e. The Labute approximate surface area is 156 Å². The Hall–Kier alpha value is -2.73. The summed E-state index contributed by atoms with van der Waals surface area (Å²) in [6, 6.07) is 14.5. The van der Waals surface area contributed by atoms with Crippen LogP contribution in [-0.4, -0.2) is 25.5 Å². The zero-order valence-corrected chi connectivity index (χ0v) is 15.1. The first-order chi connectivity index (χ1) is 12.5. The minimum atomic E-state index is -0.575. The number of anilines is 1. The van der Waals surface area contributed by atoms with Crippen molar-refractivity contribution in [1.82, 2.24) is 10.9 Å². The van der Waals surface area contributed by atoms with Crippen LogP contribution in [0.25, 0.3) is 0 Å². The van der Waals surface area contributed by atoms with E-state index in [2.05, 4.69) is 16.2 Å². The van der Waals surface area contributed by atoms with Gasteiger partial charge in [0.15, 0.2) is 0 Å². The van der Waals surface area contributed by atoms with Crippen molar-refractivity contribution in [2.75, 3.05) is 19.0 Å². The van der Waals surface area contributed by atoms with Crippen molar-refractivity contribution in [1.29, 1.82) is 0 Å². The maximum atomic E-state index is 12.5. The van der Waals surface area contributed by atoms with Gasteiger partial charge in [-0.2, -0.15) is 0 Å². The average molecular weight is 374 g/mol. The van der Waals surface area contributed by atoms with E-state index in [1.807, 2.05) is 30.3 Å². The summed E-state index contributed by atoms with van der Waals surface area (Å²) in [5.74, 6) is 0.0747. The summed E-state index contributed by atoms with van der Waals surface area (Å²) in [5, 5.41) is 3.60. The fourth-order valence-electron chi connectivity index (χ4n) is 2.80. The number of halogens is 1. The third kappa shape index (κ3) is 3.91. The van der Waals surface area contributed by atoms with Gasteiger partial charge in [0.25, 0.3) is 5.91 Å². The molecule has 2 aromatic carbocycles. The molecule has 0 radical (unpaired) electrons. The summed E-state index contributed by atoms with van der Waals surface area (Å²) in [6.07, 6.45) is 1.49. The Morgan fingerprint density at radius 3 is 2.42 bits per heavy atom. The van der Waals surface area contributed by atoms with Crippen molar-refractivity contribution in [3.63, 3.8) is 0 Å². The largest absolute Gasteiger partial charge is 0.495 e. The predicted octanol–water partition coefficient (Wildman–Crippen LogP) is 2.64. The van der Waals surface area contributed by atoms with Gasteiger partial charge < -0.3 is 10.1 Å². The second-order valence-electron chi connectivity index (χ2n) is 6.15. The fraction of sp³-hybridized carbons (Fsp3) is 0.263. The number of nitrogens with one attached hydrogen (secondary N) is 3. The number of benzene rings is 2. The molecule has 0 unspecified atom stereocenters. The molecule has 1 saturated carbocycles. The van der Waals surface area contributed by atoms with Crippen LogP contribution in [-0.2, 0) is 15.0 Å². The van der Waals surface area contributed by atoms with Crippen LogP contribution in [0.15, 0.2) is 48.5 Å². The quantitative estimate of drug-likeness (QED) is 0.680. The van der Waals surface area contributed by atoms with Gasteiger partial charge in [-0.15, -0.1) is 0 Å². The van der Waals surface area contributed by atoms with E-state index in [0.717, 1.165) is 18.4 Å². The maximum absolute atomic E-state index is 12.5. The van der Waals surface area contributed by atoms with Crippen molar-refractivity contribution in [2.45, 2.75) is 18.3 Å². The van der Waals surface area contributed by atoms with E-state index in [-0.39, 0.29) is 18.4 Å². The zero-order chi connectivity index (χ0) is 18.6. The van der Waals surface area contributed by atoms with Crippen LogP contribution >= 0.6 is 11.6 Å². The van der Waals surface area contributed by atoms with Crippen molar-refractivity contribution in [2.24, 2.45) is 0 Å². The lowest BCUT2D eigenvalue weighted by atomic mass is 9.95. The lowest BCUT2D eigenvalue weighted by Crippen LogP contribution is -2.48. The molecule has 1 fully saturated rings. The van der Waals surface area contributed by atoms with Gasteiger partial charge in [0.05, 0.1) is 24.8 Å². The molecule has 1 aliphatic rings. The first kappa shape index (κ1) is 18.1. The normalized spacial score (nSPS) is 14.2. The van der Waals surface area contributed by atoms with Crippen LogP contribution < -0.4 is 20.9 Å². The SMILES string of the molecule is COc1ccccc1NCC(=O)NNC(=O)C1(c2ccc(Cl)cc2)CC1. The molecule has 0 bridgehead atoms. The Bertz CT molecular complexity index is 804. The number of ether oxygens (including phenoxy) is 1. The molecule has 26 heavy (non-hydrogen) atoms. The molecule has 2 amide bonds. The zero-order valence-electron chi connectivity index (χ0n) is 14.3. The van der Waals surface area contributed by atoms with Crippen LogP contribution in [0.5, 0.6) is 5.75 Å².